The highest BCUT2D eigenvalue weighted by molar-refractivity contribution is 8.14. The molecule has 0 aliphatic carbocycles. The molecule has 2 N–H and O–H groups in total. The molecule has 0 saturated carbocycles. The lowest BCUT2D eigenvalue weighted by Crippen LogP contribution is -1.92. The Bertz CT molecular complexity index is 1270. The average molecular weight is 421 g/mol. The molecule has 0 aliphatic rings. The van der Waals surface area contributed by atoms with Crippen LogP contribution in [0.25, 0.3) is 22.1 Å². The summed E-state index contributed by atoms with van der Waals surface area (Å²) in [5, 5.41) is 20.3. The Morgan fingerprint density at radius 3 is 2.34 bits per heavy atom. The molecule has 0 unspecified atom stereocenters. The summed E-state index contributed by atoms with van der Waals surface area (Å²) in [6.45, 7) is 2.00. The molecule has 0 radical (unpaired) electrons. The Morgan fingerprint density at radius 1 is 0.966 bits per heavy atom. The summed E-state index contributed by atoms with van der Waals surface area (Å²) in [6, 6.07) is 19.0. The largest absolute Gasteiger partial charge is 0.508 e. The number of fused-ring (bicyclic) bond motifs is 1. The fourth-order valence-corrected chi connectivity index (χ4v) is 4.03. The van der Waals surface area contributed by atoms with E-state index in [4.69, 9.17) is 16.6 Å². The molecule has 0 spiro atoms. The maximum Gasteiger partial charge on any atom is 0.291 e. The van der Waals surface area contributed by atoms with Crippen molar-refractivity contribution < 1.29 is 19.4 Å². The van der Waals surface area contributed by atoms with Crippen LogP contribution in [-0.4, -0.2) is 15.3 Å². The quantitative estimate of drug-likeness (QED) is 0.292. The predicted octanol–water partition coefficient (Wildman–Crippen LogP) is 6.48. The minimum absolute atomic E-state index is 0.0954. The maximum atomic E-state index is 12.6. The van der Waals surface area contributed by atoms with Crippen molar-refractivity contribution in [1.29, 1.82) is 0 Å². The fraction of sp³-hybridized carbons (Fsp3) is 0.0435. The lowest BCUT2D eigenvalue weighted by Gasteiger charge is -2.00. The van der Waals surface area contributed by atoms with Gasteiger partial charge in [0.15, 0.2) is 0 Å². The molecule has 0 bridgehead atoms. The lowest BCUT2D eigenvalue weighted by molar-refractivity contribution is 0.108. The normalized spacial score (nSPS) is 10.9. The van der Waals surface area contributed by atoms with Gasteiger partial charge in [-0.15, -0.1) is 0 Å². The summed E-state index contributed by atoms with van der Waals surface area (Å²) in [7, 11) is 0. The van der Waals surface area contributed by atoms with Crippen molar-refractivity contribution >= 4 is 40.1 Å². The van der Waals surface area contributed by atoms with Gasteiger partial charge in [-0.1, -0.05) is 42.0 Å². The molecule has 0 aliphatic heterocycles. The fourth-order valence-electron chi connectivity index (χ4n) is 2.99. The van der Waals surface area contributed by atoms with Crippen molar-refractivity contribution in [3.05, 3.63) is 82.4 Å². The Balaban J connectivity index is 1.78. The van der Waals surface area contributed by atoms with E-state index >= 15 is 0 Å². The van der Waals surface area contributed by atoms with Crippen molar-refractivity contribution in [3.8, 4) is 22.8 Å². The summed E-state index contributed by atoms with van der Waals surface area (Å²) in [5.74, 6) is -0.0835. The third kappa shape index (κ3) is 3.90. The van der Waals surface area contributed by atoms with Crippen LogP contribution in [0.2, 0.25) is 0 Å². The smallest absolute Gasteiger partial charge is 0.291 e. The molecule has 0 saturated heterocycles. The van der Waals surface area contributed by atoms with Crippen molar-refractivity contribution in [1.82, 2.24) is 0 Å². The molecular weight excluding hydrogens is 404 g/mol. The number of hydrogen-bond donors (Lipinski definition) is 2. The summed E-state index contributed by atoms with van der Waals surface area (Å²) >= 11 is 6.44. The molecule has 4 aromatic rings. The van der Waals surface area contributed by atoms with Crippen LogP contribution in [0.15, 0.2) is 76.0 Å². The van der Waals surface area contributed by atoms with Gasteiger partial charge in [-0.2, -0.15) is 0 Å². The molecule has 3 aromatic carbocycles. The standard InChI is InChI=1S/C23H16O4S2/c1-13-2-4-14(5-3-13)21-17-10-11-19(28)20(12-18(17)27-22(21)25)29-23(26)15-6-8-16(24)9-7-15/h2-12,24-25H,1H3. The van der Waals surface area contributed by atoms with Crippen molar-refractivity contribution in [2.75, 3.05) is 0 Å². The number of hydrogen-bond acceptors (Lipinski definition) is 6. The zero-order valence-electron chi connectivity index (χ0n) is 15.4. The monoisotopic (exact) mass is 420 g/mol. The molecule has 1 heterocycles. The summed E-state index contributed by atoms with van der Waals surface area (Å²) in [4.78, 5) is 13.1. The van der Waals surface area contributed by atoms with Crippen LogP contribution in [0.4, 0.5) is 0 Å². The first-order valence-electron chi connectivity index (χ1n) is 8.80. The van der Waals surface area contributed by atoms with Gasteiger partial charge in [0.05, 0.1) is 10.1 Å². The second-order valence-corrected chi connectivity index (χ2v) is 8.02. The number of furan rings is 1. The predicted molar refractivity (Wildman–Crippen MR) is 117 cm³/mol. The number of aryl methyl sites for hydroxylation is 1. The number of aromatic hydroxyl groups is 2. The Labute approximate surface area is 176 Å². The van der Waals surface area contributed by atoms with E-state index in [1.165, 1.54) is 12.1 Å². The Hall–Kier alpha value is -3.09. The lowest BCUT2D eigenvalue weighted by atomic mass is 10.0. The summed E-state index contributed by atoms with van der Waals surface area (Å²) in [5.41, 5.74) is 3.43. The van der Waals surface area contributed by atoms with E-state index in [0.29, 0.717) is 31.5 Å². The van der Waals surface area contributed by atoms with Gasteiger partial charge in [0.2, 0.25) is 5.12 Å². The van der Waals surface area contributed by atoms with E-state index in [2.05, 4.69) is 0 Å². The van der Waals surface area contributed by atoms with Crippen LogP contribution in [0.1, 0.15) is 15.9 Å². The van der Waals surface area contributed by atoms with E-state index in [9.17, 15) is 15.0 Å². The molecule has 1 aromatic heterocycles. The van der Waals surface area contributed by atoms with Gasteiger partial charge < -0.3 is 14.6 Å². The molecule has 4 nitrogen and oxygen atoms in total. The first kappa shape index (κ1) is 19.2. The van der Waals surface area contributed by atoms with Crippen molar-refractivity contribution in [2.45, 2.75) is 11.8 Å². The van der Waals surface area contributed by atoms with E-state index in [-0.39, 0.29) is 16.8 Å². The topological polar surface area (TPSA) is 70.7 Å². The Morgan fingerprint density at radius 2 is 1.66 bits per heavy atom. The Kier molecular flexibility index (Phi) is 5.13. The molecule has 29 heavy (non-hydrogen) atoms. The van der Waals surface area contributed by atoms with Gasteiger partial charge >= 0.3 is 0 Å². The number of carbonyl (C=O) groups excluding carboxylic acids is 1. The average Bonchev–Trinajstić information content (AvgIpc) is 2.93. The highest BCUT2D eigenvalue weighted by Gasteiger charge is 2.17. The van der Waals surface area contributed by atoms with E-state index < -0.39 is 0 Å². The van der Waals surface area contributed by atoms with E-state index in [0.717, 1.165) is 22.9 Å². The molecule has 0 atom stereocenters. The maximum absolute atomic E-state index is 12.6. The number of carbonyl (C=O) groups is 1. The highest BCUT2D eigenvalue weighted by atomic mass is 32.2. The second-order valence-electron chi connectivity index (χ2n) is 6.57. The minimum Gasteiger partial charge on any atom is -0.508 e. The van der Waals surface area contributed by atoms with Crippen LogP contribution in [0.5, 0.6) is 11.7 Å². The number of phenols is 1. The molecule has 6 heteroatoms. The molecule has 0 amide bonds. The molecular formula is C23H16O4S2. The highest BCUT2D eigenvalue weighted by Crippen LogP contribution is 2.40. The summed E-state index contributed by atoms with van der Waals surface area (Å²) in [6.07, 6.45) is 0. The number of benzene rings is 2. The number of phenolic OH excluding ortho intramolecular Hbond substituents is 1. The van der Waals surface area contributed by atoms with Crippen molar-refractivity contribution in [2.24, 2.45) is 0 Å². The van der Waals surface area contributed by atoms with Crippen LogP contribution < -0.4 is 0 Å². The van der Waals surface area contributed by atoms with Crippen LogP contribution in [-0.2, 0) is 0 Å². The molecule has 4 rings (SSSR count). The SMILES string of the molecule is Cc1ccc(-c2c(O)oc3cc(SC(=O)c4ccc(O)cc4)c(=S)ccc23)cc1. The van der Waals surface area contributed by atoms with Gasteiger partial charge in [-0.25, -0.2) is 0 Å². The van der Waals surface area contributed by atoms with Crippen molar-refractivity contribution in [3.63, 3.8) is 0 Å². The van der Waals surface area contributed by atoms with Gasteiger partial charge in [-0.05, 0) is 66.7 Å². The minimum atomic E-state index is -0.204. The first-order valence-corrected chi connectivity index (χ1v) is 10.0. The molecule has 144 valence electrons. The van der Waals surface area contributed by atoms with Crippen LogP contribution in [0.3, 0.4) is 0 Å². The third-order valence-electron chi connectivity index (χ3n) is 4.51. The first-order chi connectivity index (χ1) is 13.9. The van der Waals surface area contributed by atoms with Gasteiger partial charge in [0.1, 0.15) is 11.3 Å². The van der Waals surface area contributed by atoms with Gasteiger partial charge in [-0.3, -0.25) is 4.79 Å². The molecule has 0 fully saturated rings. The number of thioether (sulfide) groups is 1. The second kappa shape index (κ2) is 7.73. The van der Waals surface area contributed by atoms with Gasteiger partial charge in [0.25, 0.3) is 5.95 Å². The van der Waals surface area contributed by atoms with E-state index in [1.54, 1.807) is 30.3 Å². The zero-order valence-corrected chi connectivity index (χ0v) is 17.0. The van der Waals surface area contributed by atoms with E-state index in [1.807, 2.05) is 31.2 Å². The summed E-state index contributed by atoms with van der Waals surface area (Å²) < 4.78 is 6.10. The van der Waals surface area contributed by atoms with Gasteiger partial charge in [0, 0.05) is 15.8 Å². The van der Waals surface area contributed by atoms with Crippen LogP contribution >= 0.6 is 24.0 Å². The number of rotatable bonds is 3. The zero-order chi connectivity index (χ0) is 20.5. The van der Waals surface area contributed by atoms with Crippen LogP contribution in [0, 0.1) is 11.4 Å². The third-order valence-corrected chi connectivity index (χ3v) is 5.97.